The highest BCUT2D eigenvalue weighted by molar-refractivity contribution is 7.92. The molecule has 31 heavy (non-hydrogen) atoms. The summed E-state index contributed by atoms with van der Waals surface area (Å²) in [7, 11) is -3.93. The van der Waals surface area contributed by atoms with Crippen LogP contribution in [-0.2, 0) is 14.8 Å². The fourth-order valence-corrected chi connectivity index (χ4v) is 3.60. The third-order valence-corrected chi connectivity index (χ3v) is 5.74. The molecule has 162 valence electrons. The maximum Gasteiger partial charge on any atom is 0.309 e. The first-order valence-corrected chi connectivity index (χ1v) is 10.6. The Morgan fingerprint density at radius 2 is 1.87 bits per heavy atom. The van der Waals surface area contributed by atoms with Crippen LogP contribution in [0.5, 0.6) is 0 Å². The van der Waals surface area contributed by atoms with Crippen molar-refractivity contribution in [3.63, 3.8) is 0 Å². The van der Waals surface area contributed by atoms with Gasteiger partial charge in [0.25, 0.3) is 10.0 Å². The molecule has 1 atom stereocenters. The molecule has 2 N–H and O–H groups in total. The second-order valence-corrected chi connectivity index (χ2v) is 8.44. The van der Waals surface area contributed by atoms with Crippen molar-refractivity contribution < 1.29 is 18.1 Å². The van der Waals surface area contributed by atoms with E-state index < -0.39 is 26.9 Å². The molecule has 12 nitrogen and oxygen atoms in total. The molecule has 1 amide bonds. The van der Waals surface area contributed by atoms with Crippen LogP contribution >= 0.6 is 11.6 Å². The van der Waals surface area contributed by atoms with Crippen LogP contribution in [0.4, 0.5) is 17.2 Å². The SMILES string of the molecule is Cc1nn(C(C)C(=O)Nc2ccc(S(=O)(=O)Nc3ccc(Cl)nn3)cc2)cc1[N+](=O)[O-]. The number of hydrogen-bond donors (Lipinski definition) is 2. The summed E-state index contributed by atoms with van der Waals surface area (Å²) in [6.07, 6.45) is 1.18. The van der Waals surface area contributed by atoms with Crippen LogP contribution in [0.3, 0.4) is 0 Å². The molecule has 0 saturated carbocycles. The van der Waals surface area contributed by atoms with Crippen LogP contribution in [-0.4, -0.2) is 39.2 Å². The summed E-state index contributed by atoms with van der Waals surface area (Å²) in [5, 5.41) is 24.9. The molecule has 0 aliphatic rings. The second kappa shape index (κ2) is 8.65. The third kappa shape index (κ3) is 5.13. The molecule has 0 radical (unpaired) electrons. The van der Waals surface area contributed by atoms with E-state index in [1.165, 1.54) is 61.1 Å². The molecule has 0 saturated heterocycles. The molecule has 2 heterocycles. The maximum absolute atomic E-state index is 12.5. The first-order valence-electron chi connectivity index (χ1n) is 8.70. The molecular weight excluding hydrogens is 450 g/mol. The smallest absolute Gasteiger partial charge is 0.309 e. The molecule has 3 rings (SSSR count). The fourth-order valence-electron chi connectivity index (χ4n) is 2.50. The minimum absolute atomic E-state index is 0.000728. The van der Waals surface area contributed by atoms with Crippen molar-refractivity contribution in [1.82, 2.24) is 20.0 Å². The van der Waals surface area contributed by atoms with Gasteiger partial charge < -0.3 is 5.32 Å². The van der Waals surface area contributed by atoms with Gasteiger partial charge in [0.05, 0.1) is 9.82 Å². The molecule has 0 aliphatic carbocycles. The number of carbonyl (C=O) groups is 1. The van der Waals surface area contributed by atoms with E-state index in [1.54, 1.807) is 0 Å². The van der Waals surface area contributed by atoms with Crippen LogP contribution in [0.15, 0.2) is 47.5 Å². The van der Waals surface area contributed by atoms with Crippen molar-refractivity contribution in [3.8, 4) is 0 Å². The van der Waals surface area contributed by atoms with E-state index in [-0.39, 0.29) is 27.2 Å². The van der Waals surface area contributed by atoms with Crippen LogP contribution in [0.2, 0.25) is 5.15 Å². The number of hydrogen-bond acceptors (Lipinski definition) is 8. The Bertz CT molecular complexity index is 1230. The van der Waals surface area contributed by atoms with Crippen molar-refractivity contribution in [2.45, 2.75) is 24.8 Å². The van der Waals surface area contributed by atoms with E-state index in [2.05, 4.69) is 25.3 Å². The molecule has 1 aromatic carbocycles. The van der Waals surface area contributed by atoms with Gasteiger partial charge in [0.2, 0.25) is 5.91 Å². The normalized spacial score (nSPS) is 12.2. The van der Waals surface area contributed by atoms with E-state index >= 15 is 0 Å². The Labute approximate surface area is 181 Å². The molecule has 0 spiro atoms. The summed E-state index contributed by atoms with van der Waals surface area (Å²) >= 11 is 5.62. The van der Waals surface area contributed by atoms with Crippen molar-refractivity contribution in [3.05, 3.63) is 63.6 Å². The second-order valence-electron chi connectivity index (χ2n) is 6.37. The van der Waals surface area contributed by atoms with Gasteiger partial charge in [-0.15, -0.1) is 10.2 Å². The monoisotopic (exact) mass is 465 g/mol. The molecule has 14 heteroatoms. The fraction of sp³-hybridized carbons (Fsp3) is 0.176. The molecule has 1 unspecified atom stereocenters. The lowest BCUT2D eigenvalue weighted by atomic mass is 10.2. The molecule has 0 bridgehead atoms. The molecular formula is C17H16ClN7O5S. The van der Waals surface area contributed by atoms with Gasteiger partial charge in [0.15, 0.2) is 11.0 Å². The van der Waals surface area contributed by atoms with Crippen molar-refractivity contribution in [2.24, 2.45) is 0 Å². The summed E-state index contributed by atoms with van der Waals surface area (Å²) in [6.45, 7) is 3.00. The number of nitrogens with one attached hydrogen (secondary N) is 2. The molecule has 2 aromatic heterocycles. The zero-order chi connectivity index (χ0) is 22.8. The number of sulfonamides is 1. The molecule has 0 aliphatic heterocycles. The Hall–Kier alpha value is -3.58. The minimum atomic E-state index is -3.93. The van der Waals surface area contributed by atoms with E-state index in [1.807, 2.05) is 0 Å². The average Bonchev–Trinajstić information content (AvgIpc) is 3.11. The van der Waals surface area contributed by atoms with Crippen LogP contribution in [0, 0.1) is 17.0 Å². The van der Waals surface area contributed by atoms with Gasteiger partial charge >= 0.3 is 5.69 Å². The van der Waals surface area contributed by atoms with Gasteiger partial charge in [-0.3, -0.25) is 24.3 Å². The summed E-state index contributed by atoms with van der Waals surface area (Å²) < 4.78 is 28.3. The first kappa shape index (κ1) is 22.1. The van der Waals surface area contributed by atoms with Crippen molar-refractivity contribution in [2.75, 3.05) is 10.0 Å². The van der Waals surface area contributed by atoms with Gasteiger partial charge in [-0.1, -0.05) is 11.6 Å². The lowest BCUT2D eigenvalue weighted by Gasteiger charge is -2.13. The summed E-state index contributed by atoms with van der Waals surface area (Å²) in [5.74, 6) is -0.484. The van der Waals surface area contributed by atoms with Gasteiger partial charge in [0, 0.05) is 5.69 Å². The number of carbonyl (C=O) groups excluding carboxylic acids is 1. The first-order chi connectivity index (χ1) is 14.6. The predicted molar refractivity (Wildman–Crippen MR) is 111 cm³/mol. The summed E-state index contributed by atoms with van der Waals surface area (Å²) in [5.41, 5.74) is 0.338. The number of aromatic nitrogens is 4. The Balaban J connectivity index is 1.69. The number of anilines is 2. The van der Waals surface area contributed by atoms with Crippen molar-refractivity contribution in [1.29, 1.82) is 0 Å². The Morgan fingerprint density at radius 3 is 2.42 bits per heavy atom. The number of halogens is 1. The quantitative estimate of drug-likeness (QED) is 0.397. The highest BCUT2D eigenvalue weighted by atomic mass is 35.5. The number of nitrogens with zero attached hydrogens (tertiary/aromatic N) is 5. The molecule has 3 aromatic rings. The number of amides is 1. The maximum atomic E-state index is 12.5. The van der Waals surface area contributed by atoms with Gasteiger partial charge in [0.1, 0.15) is 17.9 Å². The van der Waals surface area contributed by atoms with Crippen LogP contribution < -0.4 is 10.0 Å². The lowest BCUT2D eigenvalue weighted by molar-refractivity contribution is -0.385. The number of aryl methyl sites for hydroxylation is 1. The minimum Gasteiger partial charge on any atom is -0.324 e. The largest absolute Gasteiger partial charge is 0.324 e. The van der Waals surface area contributed by atoms with Gasteiger partial charge in [-0.05, 0) is 50.2 Å². The Morgan fingerprint density at radius 1 is 1.19 bits per heavy atom. The third-order valence-electron chi connectivity index (χ3n) is 4.17. The number of benzene rings is 1. The van der Waals surface area contributed by atoms with Crippen molar-refractivity contribution >= 4 is 44.7 Å². The highest BCUT2D eigenvalue weighted by Gasteiger charge is 2.22. The zero-order valence-electron chi connectivity index (χ0n) is 16.2. The summed E-state index contributed by atoms with van der Waals surface area (Å²) in [4.78, 5) is 22.8. The van der Waals surface area contributed by atoms with Crippen LogP contribution in [0.25, 0.3) is 0 Å². The topological polar surface area (TPSA) is 162 Å². The standard InChI is InChI=1S/C17H16ClN7O5S/c1-10-14(25(27)28)9-24(22-10)11(2)17(26)19-12-3-5-13(6-4-12)31(29,30)23-16-8-7-15(18)20-21-16/h3-9,11H,1-2H3,(H,19,26)(H,21,23). The van der Waals surface area contributed by atoms with E-state index in [0.717, 1.165) is 0 Å². The van der Waals surface area contributed by atoms with Crippen LogP contribution in [0.1, 0.15) is 18.7 Å². The summed E-state index contributed by atoms with van der Waals surface area (Å²) in [6, 6.07) is 7.34. The van der Waals surface area contributed by atoms with E-state index in [0.29, 0.717) is 5.69 Å². The Kier molecular flexibility index (Phi) is 6.17. The van der Waals surface area contributed by atoms with Gasteiger partial charge in [-0.2, -0.15) is 5.10 Å². The van der Waals surface area contributed by atoms with E-state index in [9.17, 15) is 23.3 Å². The number of nitro groups is 1. The molecule has 0 fully saturated rings. The highest BCUT2D eigenvalue weighted by Crippen LogP contribution is 2.21. The lowest BCUT2D eigenvalue weighted by Crippen LogP contribution is -2.24. The van der Waals surface area contributed by atoms with Gasteiger partial charge in [-0.25, -0.2) is 8.42 Å². The van der Waals surface area contributed by atoms with E-state index in [4.69, 9.17) is 11.6 Å². The number of rotatable bonds is 7. The average molecular weight is 466 g/mol. The zero-order valence-corrected chi connectivity index (χ0v) is 17.8. The predicted octanol–water partition coefficient (Wildman–Crippen LogP) is 2.54.